The van der Waals surface area contributed by atoms with Crippen LogP contribution in [0.5, 0.6) is 17.2 Å². The number of carbonyl (C=O) groups is 1. The topological polar surface area (TPSA) is 48.0 Å². The highest BCUT2D eigenvalue weighted by atomic mass is 16.5. The maximum absolute atomic E-state index is 12.8. The highest BCUT2D eigenvalue weighted by Gasteiger charge is 2.28. The van der Waals surface area contributed by atoms with Gasteiger partial charge in [-0.25, -0.2) is 0 Å². The number of nitrogens with zero attached hydrogens (tertiary/aromatic N) is 1. The molecule has 0 saturated carbocycles. The first-order valence-corrected chi connectivity index (χ1v) is 8.49. The van der Waals surface area contributed by atoms with E-state index in [9.17, 15) is 4.79 Å². The molecule has 5 heteroatoms. The van der Waals surface area contributed by atoms with E-state index in [2.05, 4.69) is 6.92 Å². The summed E-state index contributed by atoms with van der Waals surface area (Å²) in [5.74, 6) is 1.73. The largest absolute Gasteiger partial charge is 0.490 e. The smallest absolute Gasteiger partial charge is 0.254 e. The van der Waals surface area contributed by atoms with Gasteiger partial charge >= 0.3 is 0 Å². The third-order valence-corrected chi connectivity index (χ3v) is 3.97. The molecule has 128 valence electrons. The van der Waals surface area contributed by atoms with Crippen LogP contribution in [0.1, 0.15) is 50.9 Å². The lowest BCUT2D eigenvalue weighted by Gasteiger charge is -2.23. The Morgan fingerprint density at radius 2 is 1.65 bits per heavy atom. The number of rotatable bonds is 7. The molecule has 1 aliphatic rings. The third kappa shape index (κ3) is 3.89. The summed E-state index contributed by atoms with van der Waals surface area (Å²) in [6.07, 6.45) is 2.11. The van der Waals surface area contributed by atoms with Gasteiger partial charge in [-0.05, 0) is 52.7 Å². The molecule has 0 spiro atoms. The SMILES string of the molecule is CCOc1cc(C(=O)N2CCCC2C)cc(OCC)c1OCC. The third-order valence-electron chi connectivity index (χ3n) is 3.97. The molecule has 2 rings (SSSR count). The Labute approximate surface area is 138 Å². The monoisotopic (exact) mass is 321 g/mol. The van der Waals surface area contributed by atoms with Crippen LogP contribution in [0.15, 0.2) is 12.1 Å². The van der Waals surface area contributed by atoms with Crippen molar-refractivity contribution in [2.45, 2.75) is 46.6 Å². The van der Waals surface area contributed by atoms with Crippen molar-refractivity contribution in [3.8, 4) is 17.2 Å². The average molecular weight is 321 g/mol. The van der Waals surface area contributed by atoms with Crippen LogP contribution >= 0.6 is 0 Å². The van der Waals surface area contributed by atoms with Gasteiger partial charge in [0.1, 0.15) is 0 Å². The Bertz CT molecular complexity index is 517. The van der Waals surface area contributed by atoms with Crippen LogP contribution in [0, 0.1) is 0 Å². The van der Waals surface area contributed by atoms with Crippen molar-refractivity contribution in [1.29, 1.82) is 0 Å². The molecule has 1 atom stereocenters. The van der Waals surface area contributed by atoms with Crippen molar-refractivity contribution < 1.29 is 19.0 Å². The molecular formula is C18H27NO4. The van der Waals surface area contributed by atoms with E-state index in [-0.39, 0.29) is 11.9 Å². The van der Waals surface area contributed by atoms with Crippen molar-refractivity contribution >= 4 is 5.91 Å². The fraction of sp³-hybridized carbons (Fsp3) is 0.611. The van der Waals surface area contributed by atoms with Gasteiger partial charge in [0.2, 0.25) is 5.75 Å². The van der Waals surface area contributed by atoms with E-state index in [1.807, 2.05) is 25.7 Å². The summed E-state index contributed by atoms with van der Waals surface area (Å²) in [7, 11) is 0. The second-order valence-electron chi connectivity index (χ2n) is 5.59. The van der Waals surface area contributed by atoms with E-state index < -0.39 is 0 Å². The summed E-state index contributed by atoms with van der Waals surface area (Å²) >= 11 is 0. The van der Waals surface area contributed by atoms with Crippen molar-refractivity contribution in [1.82, 2.24) is 4.90 Å². The molecule has 1 aromatic rings. The highest BCUT2D eigenvalue weighted by molar-refractivity contribution is 5.96. The lowest BCUT2D eigenvalue weighted by Crippen LogP contribution is -2.33. The second-order valence-corrected chi connectivity index (χ2v) is 5.59. The first-order chi connectivity index (χ1) is 11.1. The maximum atomic E-state index is 12.8. The van der Waals surface area contributed by atoms with Gasteiger partial charge in [-0.2, -0.15) is 0 Å². The van der Waals surface area contributed by atoms with Crippen molar-refractivity contribution in [3.05, 3.63) is 17.7 Å². The lowest BCUT2D eigenvalue weighted by molar-refractivity contribution is 0.0746. The quantitative estimate of drug-likeness (QED) is 0.771. The van der Waals surface area contributed by atoms with Gasteiger partial charge in [-0.3, -0.25) is 4.79 Å². The molecule has 0 aromatic heterocycles. The predicted octanol–water partition coefficient (Wildman–Crippen LogP) is 3.51. The molecule has 0 aliphatic carbocycles. The van der Waals surface area contributed by atoms with Crippen LogP contribution in [-0.2, 0) is 0 Å². The molecule has 1 unspecified atom stereocenters. The molecule has 0 radical (unpaired) electrons. The van der Waals surface area contributed by atoms with Gasteiger partial charge in [-0.15, -0.1) is 0 Å². The standard InChI is InChI=1S/C18H27NO4/c1-5-21-15-11-14(18(20)19-10-8-9-13(19)4)12-16(22-6-2)17(15)23-7-3/h11-13H,5-10H2,1-4H3. The average Bonchev–Trinajstić information content (AvgIpc) is 2.96. The number of amides is 1. The Hall–Kier alpha value is -1.91. The van der Waals surface area contributed by atoms with Crippen LogP contribution < -0.4 is 14.2 Å². The zero-order chi connectivity index (χ0) is 16.8. The summed E-state index contributed by atoms with van der Waals surface area (Å²) in [6.45, 7) is 10.1. The normalized spacial score (nSPS) is 17.2. The molecule has 0 bridgehead atoms. The summed E-state index contributed by atoms with van der Waals surface area (Å²) in [5.41, 5.74) is 0.592. The molecule has 1 amide bonds. The Balaban J connectivity index is 2.40. The maximum Gasteiger partial charge on any atom is 0.254 e. The van der Waals surface area contributed by atoms with Gasteiger partial charge in [0, 0.05) is 18.2 Å². The fourth-order valence-corrected chi connectivity index (χ4v) is 2.91. The van der Waals surface area contributed by atoms with Crippen molar-refractivity contribution in [2.24, 2.45) is 0 Å². The molecule has 1 fully saturated rings. The van der Waals surface area contributed by atoms with Crippen LogP contribution in [0.2, 0.25) is 0 Å². The Morgan fingerprint density at radius 1 is 1.09 bits per heavy atom. The van der Waals surface area contributed by atoms with Crippen LogP contribution in [0.4, 0.5) is 0 Å². The summed E-state index contributed by atoms with van der Waals surface area (Å²) < 4.78 is 17.0. The first kappa shape index (κ1) is 17.4. The minimum atomic E-state index is 0.0277. The van der Waals surface area contributed by atoms with Crippen molar-refractivity contribution in [3.63, 3.8) is 0 Å². The van der Waals surface area contributed by atoms with E-state index >= 15 is 0 Å². The molecular weight excluding hydrogens is 294 g/mol. The summed E-state index contributed by atoms with van der Waals surface area (Å²) in [4.78, 5) is 14.7. The zero-order valence-electron chi connectivity index (χ0n) is 14.6. The minimum absolute atomic E-state index is 0.0277. The number of likely N-dealkylation sites (tertiary alicyclic amines) is 1. The predicted molar refractivity (Wildman–Crippen MR) is 89.7 cm³/mol. The molecule has 0 N–H and O–H groups in total. The second kappa shape index (κ2) is 8.09. The van der Waals surface area contributed by atoms with Gasteiger partial charge in [0.05, 0.1) is 19.8 Å². The number of ether oxygens (including phenoxy) is 3. The number of hydrogen-bond acceptors (Lipinski definition) is 4. The number of carbonyl (C=O) groups excluding carboxylic acids is 1. The molecule has 1 heterocycles. The van der Waals surface area contributed by atoms with E-state index in [0.717, 1.165) is 19.4 Å². The summed E-state index contributed by atoms with van der Waals surface area (Å²) in [6, 6.07) is 3.81. The number of hydrogen-bond donors (Lipinski definition) is 0. The molecule has 23 heavy (non-hydrogen) atoms. The van der Waals surface area contributed by atoms with Crippen molar-refractivity contribution in [2.75, 3.05) is 26.4 Å². The van der Waals surface area contributed by atoms with Gasteiger partial charge < -0.3 is 19.1 Å². The van der Waals surface area contributed by atoms with E-state index in [4.69, 9.17) is 14.2 Å². The van der Waals surface area contributed by atoms with E-state index in [1.54, 1.807) is 12.1 Å². The van der Waals surface area contributed by atoms with Crippen LogP contribution in [0.3, 0.4) is 0 Å². The zero-order valence-corrected chi connectivity index (χ0v) is 14.6. The van der Waals surface area contributed by atoms with Crippen LogP contribution in [-0.4, -0.2) is 43.2 Å². The number of benzene rings is 1. The molecule has 1 aliphatic heterocycles. The molecule has 5 nitrogen and oxygen atoms in total. The van der Waals surface area contributed by atoms with Gasteiger partial charge in [0.15, 0.2) is 11.5 Å². The summed E-state index contributed by atoms with van der Waals surface area (Å²) in [5, 5.41) is 0. The first-order valence-electron chi connectivity index (χ1n) is 8.49. The lowest BCUT2D eigenvalue weighted by atomic mass is 10.1. The van der Waals surface area contributed by atoms with Gasteiger partial charge in [-0.1, -0.05) is 0 Å². The fourth-order valence-electron chi connectivity index (χ4n) is 2.91. The van der Waals surface area contributed by atoms with E-state index in [1.165, 1.54) is 0 Å². The van der Waals surface area contributed by atoms with Crippen LogP contribution in [0.25, 0.3) is 0 Å². The highest BCUT2D eigenvalue weighted by Crippen LogP contribution is 2.39. The molecule has 1 saturated heterocycles. The molecule has 1 aromatic carbocycles. The Morgan fingerprint density at radius 3 is 2.09 bits per heavy atom. The minimum Gasteiger partial charge on any atom is -0.490 e. The van der Waals surface area contributed by atoms with Gasteiger partial charge in [0.25, 0.3) is 5.91 Å². The Kier molecular flexibility index (Phi) is 6.13. The van der Waals surface area contributed by atoms with E-state index in [0.29, 0.717) is 42.6 Å².